The van der Waals surface area contributed by atoms with Crippen LogP contribution in [0.2, 0.25) is 0 Å². The van der Waals surface area contributed by atoms with Crippen molar-refractivity contribution in [2.75, 3.05) is 0 Å². The van der Waals surface area contributed by atoms with Crippen molar-refractivity contribution in [3.63, 3.8) is 0 Å². The Labute approximate surface area is 187 Å². The largest absolute Gasteiger partial charge is 0.282 e. The summed E-state index contributed by atoms with van der Waals surface area (Å²) in [5, 5.41) is 24.5. The lowest BCUT2D eigenvalue weighted by Crippen LogP contribution is -2.50. The summed E-state index contributed by atoms with van der Waals surface area (Å²) in [5.41, 5.74) is -1.08. The SMILES string of the molecule is O=C(c1ccccc1[N+](=O)[O-])N(Cc1ccccc1[N+](=O)[O-])N1C(=O)[C@H]2CC=CC[C@@H]2C1=O. The lowest BCUT2D eigenvalue weighted by molar-refractivity contribution is -0.385. The number of carbonyl (C=O) groups is 3. The van der Waals surface area contributed by atoms with Gasteiger partial charge in [-0.15, -0.1) is 0 Å². The highest BCUT2D eigenvalue weighted by Crippen LogP contribution is 2.37. The number of hydrazine groups is 1. The number of nitro groups is 2. The summed E-state index contributed by atoms with van der Waals surface area (Å²) in [5.74, 6) is -3.52. The normalized spacial score (nSPS) is 19.3. The maximum Gasteiger partial charge on any atom is 0.282 e. The molecular weight excluding hydrogens is 432 g/mol. The molecule has 0 unspecified atom stereocenters. The Bertz CT molecular complexity index is 1180. The molecule has 0 aromatic heterocycles. The van der Waals surface area contributed by atoms with Gasteiger partial charge in [-0.25, -0.2) is 5.01 Å². The number of rotatable bonds is 6. The van der Waals surface area contributed by atoms with Crippen LogP contribution < -0.4 is 0 Å². The zero-order valence-corrected chi connectivity index (χ0v) is 17.2. The highest BCUT2D eigenvalue weighted by Gasteiger charge is 2.51. The van der Waals surface area contributed by atoms with E-state index in [9.17, 15) is 34.6 Å². The van der Waals surface area contributed by atoms with Crippen molar-refractivity contribution < 1.29 is 24.2 Å². The number of hydrogen-bond donors (Lipinski definition) is 0. The lowest BCUT2D eigenvalue weighted by Gasteiger charge is -2.30. The Kier molecular flexibility index (Phi) is 5.69. The van der Waals surface area contributed by atoms with E-state index >= 15 is 0 Å². The highest BCUT2D eigenvalue weighted by molar-refractivity contribution is 6.08. The number of allylic oxidation sites excluding steroid dienone is 2. The van der Waals surface area contributed by atoms with Gasteiger partial charge in [0.15, 0.2) is 0 Å². The van der Waals surface area contributed by atoms with Crippen molar-refractivity contribution in [3.05, 3.63) is 92.0 Å². The van der Waals surface area contributed by atoms with Crippen molar-refractivity contribution in [1.82, 2.24) is 10.0 Å². The molecule has 11 heteroatoms. The lowest BCUT2D eigenvalue weighted by atomic mass is 9.85. The van der Waals surface area contributed by atoms with Gasteiger partial charge in [-0.05, 0) is 18.9 Å². The Hall–Kier alpha value is -4.41. The van der Waals surface area contributed by atoms with Gasteiger partial charge in [-0.1, -0.05) is 42.5 Å². The van der Waals surface area contributed by atoms with E-state index in [1.165, 1.54) is 42.5 Å². The monoisotopic (exact) mass is 450 g/mol. The van der Waals surface area contributed by atoms with Crippen LogP contribution in [0, 0.1) is 32.1 Å². The van der Waals surface area contributed by atoms with Gasteiger partial charge >= 0.3 is 0 Å². The maximum absolute atomic E-state index is 13.5. The van der Waals surface area contributed by atoms with Crippen LogP contribution in [0.4, 0.5) is 11.4 Å². The van der Waals surface area contributed by atoms with Crippen LogP contribution in [-0.2, 0) is 16.1 Å². The number of nitrogens with zero attached hydrogens (tertiary/aromatic N) is 4. The van der Waals surface area contributed by atoms with E-state index in [-0.39, 0.29) is 16.8 Å². The molecule has 0 radical (unpaired) electrons. The summed E-state index contributed by atoms with van der Waals surface area (Å²) in [4.78, 5) is 61.5. The van der Waals surface area contributed by atoms with Crippen LogP contribution >= 0.6 is 0 Å². The Morgan fingerprint density at radius 2 is 1.39 bits per heavy atom. The number of nitro benzene ring substituents is 2. The average Bonchev–Trinajstić information content (AvgIpc) is 3.07. The van der Waals surface area contributed by atoms with Gasteiger partial charge in [-0.2, -0.15) is 5.01 Å². The summed E-state index contributed by atoms with van der Waals surface area (Å²) in [6.07, 6.45) is 4.22. The van der Waals surface area contributed by atoms with Gasteiger partial charge < -0.3 is 0 Å². The first-order valence-corrected chi connectivity index (χ1v) is 10.1. The van der Waals surface area contributed by atoms with Crippen molar-refractivity contribution >= 4 is 29.1 Å². The van der Waals surface area contributed by atoms with Crippen LogP contribution in [0.25, 0.3) is 0 Å². The van der Waals surface area contributed by atoms with E-state index in [1.807, 2.05) is 0 Å². The van der Waals surface area contributed by atoms with Crippen molar-refractivity contribution in [2.24, 2.45) is 11.8 Å². The average molecular weight is 450 g/mol. The molecular formula is C22H18N4O7. The molecule has 1 aliphatic heterocycles. The molecule has 1 heterocycles. The van der Waals surface area contributed by atoms with Crippen molar-refractivity contribution in [1.29, 1.82) is 0 Å². The van der Waals surface area contributed by atoms with E-state index in [0.29, 0.717) is 17.9 Å². The molecule has 33 heavy (non-hydrogen) atoms. The molecule has 2 atom stereocenters. The molecule has 0 bridgehead atoms. The molecule has 0 spiro atoms. The molecule has 1 fully saturated rings. The summed E-state index contributed by atoms with van der Waals surface area (Å²) < 4.78 is 0. The quantitative estimate of drug-likeness (QED) is 0.285. The van der Waals surface area contributed by atoms with Crippen molar-refractivity contribution in [2.45, 2.75) is 19.4 Å². The fourth-order valence-corrected chi connectivity index (χ4v) is 4.19. The number of benzene rings is 2. The zero-order chi connectivity index (χ0) is 23.7. The molecule has 1 saturated heterocycles. The first-order valence-electron chi connectivity index (χ1n) is 10.1. The van der Waals surface area contributed by atoms with E-state index in [0.717, 1.165) is 11.1 Å². The van der Waals surface area contributed by atoms with Crippen molar-refractivity contribution in [3.8, 4) is 0 Å². The van der Waals surface area contributed by atoms with Gasteiger partial charge in [0.25, 0.3) is 29.1 Å². The minimum Gasteiger partial charge on any atom is -0.272 e. The molecule has 168 valence electrons. The number of amides is 3. The highest BCUT2D eigenvalue weighted by atomic mass is 16.6. The zero-order valence-electron chi connectivity index (χ0n) is 17.2. The van der Waals surface area contributed by atoms with Gasteiger partial charge in [0.1, 0.15) is 5.56 Å². The first kappa shape index (κ1) is 21.8. The number of hydrogen-bond acceptors (Lipinski definition) is 7. The predicted octanol–water partition coefficient (Wildman–Crippen LogP) is 3.01. The number of imide groups is 1. The number of carbonyl (C=O) groups excluding carboxylic acids is 3. The molecule has 1 aliphatic carbocycles. The second-order valence-electron chi connectivity index (χ2n) is 7.67. The number of fused-ring (bicyclic) bond motifs is 1. The summed E-state index contributed by atoms with van der Waals surface area (Å²) in [7, 11) is 0. The fraction of sp³-hybridized carbons (Fsp3) is 0.227. The van der Waals surface area contributed by atoms with Gasteiger partial charge in [0, 0.05) is 12.1 Å². The predicted molar refractivity (Wildman–Crippen MR) is 113 cm³/mol. The minimum absolute atomic E-state index is 0.0723. The third kappa shape index (κ3) is 3.84. The topological polar surface area (TPSA) is 144 Å². The maximum atomic E-state index is 13.5. The second kappa shape index (κ2) is 8.61. The molecule has 2 aromatic rings. The van der Waals surface area contributed by atoms with Crippen LogP contribution in [0.5, 0.6) is 0 Å². The van der Waals surface area contributed by atoms with Gasteiger partial charge in [-0.3, -0.25) is 34.6 Å². The third-order valence-corrected chi connectivity index (χ3v) is 5.80. The van der Waals surface area contributed by atoms with E-state index in [2.05, 4.69) is 0 Å². The molecule has 11 nitrogen and oxygen atoms in total. The first-order chi connectivity index (χ1) is 15.8. The summed E-state index contributed by atoms with van der Waals surface area (Å²) in [6, 6.07) is 10.8. The Morgan fingerprint density at radius 1 is 0.879 bits per heavy atom. The molecule has 2 aliphatic rings. The van der Waals surface area contributed by atoms with Gasteiger partial charge in [0.05, 0.1) is 33.8 Å². The third-order valence-electron chi connectivity index (χ3n) is 5.80. The van der Waals surface area contributed by atoms with E-state index in [4.69, 9.17) is 0 Å². The van der Waals surface area contributed by atoms with Crippen LogP contribution in [0.1, 0.15) is 28.8 Å². The Balaban J connectivity index is 1.81. The van der Waals surface area contributed by atoms with Crippen LogP contribution in [0.3, 0.4) is 0 Å². The molecule has 4 rings (SSSR count). The van der Waals surface area contributed by atoms with Gasteiger partial charge in [0.2, 0.25) is 0 Å². The molecule has 3 amide bonds. The molecule has 0 saturated carbocycles. The molecule has 0 N–H and O–H groups in total. The van der Waals surface area contributed by atoms with Crippen LogP contribution in [0.15, 0.2) is 60.7 Å². The Morgan fingerprint density at radius 3 is 1.97 bits per heavy atom. The van der Waals surface area contributed by atoms with Crippen LogP contribution in [-0.4, -0.2) is 37.6 Å². The summed E-state index contributed by atoms with van der Waals surface area (Å²) >= 11 is 0. The molecule has 2 aromatic carbocycles. The summed E-state index contributed by atoms with van der Waals surface area (Å²) in [6.45, 7) is -0.494. The standard InChI is InChI=1S/C22H18N4O7/c27-20(17-10-4-6-12-19(17)26(32)33)23(13-14-7-1-5-11-18(14)25(30)31)24-21(28)15-8-2-3-9-16(15)22(24)29/h1-7,10-12,15-16H,8-9,13H2/t15-,16-/m0/s1. The van der Waals surface area contributed by atoms with E-state index in [1.54, 1.807) is 12.2 Å². The second-order valence-corrected chi connectivity index (χ2v) is 7.67. The fourth-order valence-electron chi connectivity index (χ4n) is 4.19. The van der Waals surface area contributed by atoms with E-state index < -0.39 is 51.6 Å². The smallest absolute Gasteiger partial charge is 0.272 e. The minimum atomic E-state index is -0.978. The number of para-hydroxylation sites is 2.